The fourth-order valence-electron chi connectivity index (χ4n) is 6.92. The van der Waals surface area contributed by atoms with Crippen molar-refractivity contribution in [1.29, 1.82) is 0 Å². The largest absolute Gasteiger partial charge is 0.508 e. The molecular formula is C40H32ClN5O3. The molecule has 3 aromatic carbocycles. The summed E-state index contributed by atoms with van der Waals surface area (Å²) in [5, 5.41) is 11.4. The minimum atomic E-state index is -0.297. The molecule has 1 aliphatic heterocycles. The lowest BCUT2D eigenvalue weighted by Crippen LogP contribution is -2.42. The van der Waals surface area contributed by atoms with Crippen LogP contribution in [0.3, 0.4) is 0 Å². The Bertz CT molecular complexity index is 2410. The Kier molecular flexibility index (Phi) is 7.45. The number of fused-ring (bicyclic) bond motifs is 3. The monoisotopic (exact) mass is 665 g/mol. The number of aromatic nitrogens is 3. The van der Waals surface area contributed by atoms with Gasteiger partial charge in [0, 0.05) is 59.3 Å². The minimum absolute atomic E-state index is 0.00144. The molecule has 49 heavy (non-hydrogen) atoms. The first-order valence-electron chi connectivity index (χ1n) is 16.1. The molecule has 0 aliphatic carbocycles. The average Bonchev–Trinajstić information content (AvgIpc) is 3.69. The van der Waals surface area contributed by atoms with Crippen LogP contribution in [0.5, 0.6) is 5.75 Å². The van der Waals surface area contributed by atoms with Gasteiger partial charge >= 0.3 is 0 Å². The molecule has 0 spiro atoms. The van der Waals surface area contributed by atoms with Gasteiger partial charge < -0.3 is 19.0 Å². The van der Waals surface area contributed by atoms with Crippen molar-refractivity contribution >= 4 is 51.3 Å². The number of anilines is 2. The quantitative estimate of drug-likeness (QED) is 0.200. The molecule has 0 unspecified atom stereocenters. The van der Waals surface area contributed by atoms with Crippen molar-refractivity contribution in [1.82, 2.24) is 18.9 Å². The molecule has 0 saturated heterocycles. The number of pyridine rings is 2. The average molecular weight is 666 g/mol. The number of carbonyl (C=O) groups is 2. The van der Waals surface area contributed by atoms with Crippen molar-refractivity contribution in [3.63, 3.8) is 0 Å². The number of phenols is 1. The molecule has 1 aliphatic rings. The van der Waals surface area contributed by atoms with Crippen molar-refractivity contribution in [2.45, 2.75) is 25.9 Å². The van der Waals surface area contributed by atoms with Crippen LogP contribution in [0.1, 0.15) is 38.8 Å². The summed E-state index contributed by atoms with van der Waals surface area (Å²) in [4.78, 5) is 37.4. The van der Waals surface area contributed by atoms with Crippen molar-refractivity contribution in [2.24, 2.45) is 7.05 Å². The lowest BCUT2D eigenvalue weighted by Gasteiger charge is -2.35. The van der Waals surface area contributed by atoms with E-state index in [0.29, 0.717) is 50.8 Å². The Morgan fingerprint density at radius 1 is 0.857 bits per heavy atom. The van der Waals surface area contributed by atoms with Gasteiger partial charge in [-0.3, -0.25) is 14.5 Å². The van der Waals surface area contributed by atoms with E-state index in [1.165, 1.54) is 5.56 Å². The third kappa shape index (κ3) is 5.30. The summed E-state index contributed by atoms with van der Waals surface area (Å²) in [7, 11) is 1.92. The first-order chi connectivity index (χ1) is 23.8. The van der Waals surface area contributed by atoms with Gasteiger partial charge in [0.15, 0.2) is 0 Å². The molecule has 242 valence electrons. The van der Waals surface area contributed by atoms with E-state index < -0.39 is 0 Å². The number of benzene rings is 3. The summed E-state index contributed by atoms with van der Waals surface area (Å²) in [6.45, 7) is 2.59. The van der Waals surface area contributed by atoms with Crippen LogP contribution in [0.15, 0.2) is 122 Å². The van der Waals surface area contributed by atoms with E-state index in [1.807, 2.05) is 81.8 Å². The minimum Gasteiger partial charge on any atom is -0.508 e. The van der Waals surface area contributed by atoms with E-state index in [9.17, 15) is 14.7 Å². The Morgan fingerprint density at radius 3 is 2.45 bits per heavy atom. The van der Waals surface area contributed by atoms with Crippen LogP contribution < -0.4 is 4.90 Å². The zero-order chi connectivity index (χ0) is 33.8. The molecule has 2 amide bonds. The zero-order valence-electron chi connectivity index (χ0n) is 26.9. The Labute approximate surface area is 288 Å². The fourth-order valence-corrected chi connectivity index (χ4v) is 7.10. The van der Waals surface area contributed by atoms with Crippen LogP contribution in [0.25, 0.3) is 27.8 Å². The standard InChI is InChI=1S/C40H32ClN5O3/c1-25-19-26-7-3-4-8-28(26)24-45(25)39(48)33-15-10-29(41)21-34(33)37-22-35(36-9-5-6-17-44(36)37)40(49)46(30-11-13-32(47)14-12-30)31-20-27-16-18-43(2)38(27)42-23-31/h3-18,20-23,25,47H,19,24H2,1-2H3/t25-/m1/s1. The number of aryl methyl sites for hydroxylation is 1. The summed E-state index contributed by atoms with van der Waals surface area (Å²) < 4.78 is 3.85. The van der Waals surface area contributed by atoms with Crippen LogP contribution in [0, 0.1) is 0 Å². The van der Waals surface area contributed by atoms with Crippen LogP contribution in [0.4, 0.5) is 11.4 Å². The van der Waals surface area contributed by atoms with Crippen molar-refractivity contribution in [2.75, 3.05) is 4.90 Å². The highest BCUT2D eigenvalue weighted by molar-refractivity contribution is 6.31. The summed E-state index contributed by atoms with van der Waals surface area (Å²) in [5.74, 6) is -0.302. The summed E-state index contributed by atoms with van der Waals surface area (Å²) in [5.41, 5.74) is 7.23. The van der Waals surface area contributed by atoms with E-state index in [4.69, 9.17) is 11.6 Å². The number of phenolic OH excluding ortho intramolecular Hbond substituents is 1. The molecule has 9 heteroatoms. The number of amides is 2. The van der Waals surface area contributed by atoms with Gasteiger partial charge in [-0.2, -0.15) is 0 Å². The second kappa shape index (κ2) is 12.0. The van der Waals surface area contributed by atoms with Gasteiger partial charge in [-0.1, -0.05) is 41.9 Å². The molecule has 4 aromatic heterocycles. The predicted molar refractivity (Wildman–Crippen MR) is 193 cm³/mol. The lowest BCUT2D eigenvalue weighted by molar-refractivity contribution is 0.0659. The van der Waals surface area contributed by atoms with Gasteiger partial charge in [0.1, 0.15) is 11.4 Å². The molecule has 8 nitrogen and oxygen atoms in total. The molecule has 7 aromatic rings. The SMILES string of the molecule is C[C@@H]1Cc2ccccc2CN1C(=O)c1ccc(Cl)cc1-c1cc(C(=O)N(c2ccc(O)cc2)c2cnc3c(ccn3C)c2)c2ccccn12. The normalized spacial score (nSPS) is 14.3. The topological polar surface area (TPSA) is 83.1 Å². The Morgan fingerprint density at radius 2 is 1.63 bits per heavy atom. The van der Waals surface area contributed by atoms with Crippen LogP contribution in [0.2, 0.25) is 5.02 Å². The predicted octanol–water partition coefficient (Wildman–Crippen LogP) is 8.42. The molecule has 0 radical (unpaired) electrons. The molecule has 8 rings (SSSR count). The molecule has 5 heterocycles. The highest BCUT2D eigenvalue weighted by Crippen LogP contribution is 2.37. The smallest absolute Gasteiger partial charge is 0.265 e. The van der Waals surface area contributed by atoms with E-state index in [1.54, 1.807) is 53.6 Å². The van der Waals surface area contributed by atoms with E-state index in [2.05, 4.69) is 24.0 Å². The van der Waals surface area contributed by atoms with Crippen LogP contribution in [-0.4, -0.2) is 41.8 Å². The Hall–Kier alpha value is -5.86. The van der Waals surface area contributed by atoms with Gasteiger partial charge in [-0.05, 0) is 97.3 Å². The molecule has 1 N–H and O–H groups in total. The number of nitrogens with zero attached hydrogens (tertiary/aromatic N) is 5. The third-order valence-electron chi connectivity index (χ3n) is 9.42. The van der Waals surface area contributed by atoms with E-state index >= 15 is 0 Å². The number of aromatic hydroxyl groups is 1. The van der Waals surface area contributed by atoms with Gasteiger partial charge in [0.2, 0.25) is 0 Å². The lowest BCUT2D eigenvalue weighted by atomic mass is 9.93. The summed E-state index contributed by atoms with van der Waals surface area (Å²) in [6.07, 6.45) is 6.26. The Balaban J connectivity index is 1.26. The molecule has 0 fully saturated rings. The number of rotatable bonds is 5. The van der Waals surface area contributed by atoms with Gasteiger partial charge in [0.05, 0.1) is 28.7 Å². The van der Waals surface area contributed by atoms with Crippen LogP contribution >= 0.6 is 11.6 Å². The molecule has 1 atom stereocenters. The van der Waals surface area contributed by atoms with Crippen LogP contribution in [-0.2, 0) is 20.0 Å². The highest BCUT2D eigenvalue weighted by atomic mass is 35.5. The number of carbonyl (C=O) groups excluding carboxylic acids is 2. The number of halogens is 1. The van der Waals surface area contributed by atoms with Gasteiger partial charge in [0.25, 0.3) is 11.8 Å². The number of hydrogen-bond acceptors (Lipinski definition) is 4. The summed E-state index contributed by atoms with van der Waals surface area (Å²) in [6, 6.07) is 31.5. The highest BCUT2D eigenvalue weighted by Gasteiger charge is 2.31. The third-order valence-corrected chi connectivity index (χ3v) is 9.66. The van der Waals surface area contributed by atoms with E-state index in [0.717, 1.165) is 23.0 Å². The van der Waals surface area contributed by atoms with Crippen molar-refractivity contribution in [3.05, 3.63) is 149 Å². The zero-order valence-corrected chi connectivity index (χ0v) is 27.7. The fraction of sp³-hybridized carbons (Fsp3) is 0.125. The van der Waals surface area contributed by atoms with Gasteiger partial charge in [-0.15, -0.1) is 0 Å². The molecular weight excluding hydrogens is 634 g/mol. The maximum atomic E-state index is 14.8. The first kappa shape index (κ1) is 30.5. The maximum absolute atomic E-state index is 14.8. The number of hydrogen-bond donors (Lipinski definition) is 1. The second-order valence-electron chi connectivity index (χ2n) is 12.5. The summed E-state index contributed by atoms with van der Waals surface area (Å²) >= 11 is 6.61. The van der Waals surface area contributed by atoms with Crippen molar-refractivity contribution < 1.29 is 14.7 Å². The van der Waals surface area contributed by atoms with Crippen molar-refractivity contribution in [3.8, 4) is 17.0 Å². The maximum Gasteiger partial charge on any atom is 0.265 e. The van der Waals surface area contributed by atoms with Gasteiger partial charge in [-0.25, -0.2) is 4.98 Å². The first-order valence-corrected chi connectivity index (χ1v) is 16.5. The second-order valence-corrected chi connectivity index (χ2v) is 13.0. The van der Waals surface area contributed by atoms with E-state index in [-0.39, 0.29) is 23.6 Å². The molecule has 0 bridgehead atoms. The molecule has 0 saturated carbocycles.